The van der Waals surface area contributed by atoms with E-state index in [2.05, 4.69) is 0 Å². The second-order valence-electron chi connectivity index (χ2n) is 4.87. The van der Waals surface area contributed by atoms with E-state index in [1.165, 1.54) is 6.07 Å². The summed E-state index contributed by atoms with van der Waals surface area (Å²) in [5.74, 6) is 0.585. The van der Waals surface area contributed by atoms with Crippen molar-refractivity contribution in [3.63, 3.8) is 0 Å². The number of benzene rings is 1. The number of nitriles is 1. The zero-order valence-corrected chi connectivity index (χ0v) is 10.6. The zero-order chi connectivity index (χ0) is 13.2. The molecule has 1 aromatic rings. The van der Waals surface area contributed by atoms with E-state index in [9.17, 15) is 5.11 Å². The largest absolute Gasteiger partial charge is 0.506 e. The van der Waals surface area contributed by atoms with Crippen LogP contribution in [0.4, 0.5) is 0 Å². The molecule has 0 unspecified atom stereocenters. The highest BCUT2D eigenvalue weighted by Gasteiger charge is 2.37. The van der Waals surface area contributed by atoms with E-state index in [4.69, 9.17) is 15.7 Å². The average Bonchev–Trinajstić information content (AvgIpc) is 2.88. The summed E-state index contributed by atoms with van der Waals surface area (Å²) in [4.78, 5) is 0. The lowest BCUT2D eigenvalue weighted by molar-refractivity contribution is 0.373. The monoisotopic (exact) mass is 246 g/mol. The molecule has 0 radical (unpaired) electrons. The Morgan fingerprint density at radius 2 is 2.11 bits per heavy atom. The minimum absolute atomic E-state index is 0.0386. The van der Waals surface area contributed by atoms with Crippen LogP contribution in [0, 0.1) is 11.3 Å². The van der Waals surface area contributed by atoms with Crippen LogP contribution < -0.4 is 10.5 Å². The molecule has 1 aliphatic carbocycles. The first-order chi connectivity index (χ1) is 8.66. The summed E-state index contributed by atoms with van der Waals surface area (Å²) < 4.78 is 5.34. The molecule has 1 aromatic carbocycles. The molecule has 4 heteroatoms. The highest BCUT2D eigenvalue weighted by Crippen LogP contribution is 2.45. The van der Waals surface area contributed by atoms with Crippen LogP contribution in [0.15, 0.2) is 12.1 Å². The van der Waals surface area contributed by atoms with Crippen LogP contribution in [0.3, 0.4) is 0 Å². The normalized spacial score (nSPS) is 17.4. The lowest BCUT2D eigenvalue weighted by Gasteiger charge is -2.29. The maximum Gasteiger partial charge on any atom is 0.137 e. The third kappa shape index (κ3) is 1.91. The van der Waals surface area contributed by atoms with Crippen molar-refractivity contribution in [2.45, 2.75) is 31.1 Å². The van der Waals surface area contributed by atoms with E-state index in [0.717, 1.165) is 31.2 Å². The van der Waals surface area contributed by atoms with Crippen LogP contribution in [0.25, 0.3) is 0 Å². The molecular weight excluding hydrogens is 228 g/mol. The fraction of sp³-hybridized carbons (Fsp3) is 0.500. The number of nitrogens with zero attached hydrogens (tertiary/aromatic N) is 1. The number of hydrogen-bond acceptors (Lipinski definition) is 4. The second-order valence-corrected chi connectivity index (χ2v) is 4.87. The second kappa shape index (κ2) is 4.87. The van der Waals surface area contributed by atoms with Crippen molar-refractivity contribution in [2.24, 2.45) is 5.73 Å². The van der Waals surface area contributed by atoms with E-state index in [0.29, 0.717) is 12.3 Å². The molecule has 1 saturated carbocycles. The van der Waals surface area contributed by atoms with Gasteiger partial charge < -0.3 is 15.6 Å². The summed E-state index contributed by atoms with van der Waals surface area (Å²) in [5.41, 5.74) is 7.09. The number of phenols is 1. The Hall–Kier alpha value is -1.73. The molecular formula is C14H18N2O2. The van der Waals surface area contributed by atoms with Gasteiger partial charge in [0.05, 0.1) is 12.7 Å². The average molecular weight is 246 g/mol. The van der Waals surface area contributed by atoms with Gasteiger partial charge in [-0.1, -0.05) is 12.8 Å². The Labute approximate surface area is 107 Å². The molecule has 2 rings (SSSR count). The summed E-state index contributed by atoms with van der Waals surface area (Å²) in [5, 5.41) is 18.7. The van der Waals surface area contributed by atoms with Crippen molar-refractivity contribution >= 4 is 0 Å². The maximum atomic E-state index is 9.71. The van der Waals surface area contributed by atoms with Gasteiger partial charge in [-0.25, -0.2) is 0 Å². The van der Waals surface area contributed by atoms with Crippen LogP contribution in [-0.2, 0) is 5.41 Å². The highest BCUT2D eigenvalue weighted by molar-refractivity contribution is 5.54. The summed E-state index contributed by atoms with van der Waals surface area (Å²) in [7, 11) is 1.57. The van der Waals surface area contributed by atoms with Crippen LogP contribution in [-0.4, -0.2) is 18.8 Å². The van der Waals surface area contributed by atoms with E-state index in [-0.39, 0.29) is 16.7 Å². The van der Waals surface area contributed by atoms with E-state index < -0.39 is 0 Å². The SMILES string of the molecule is COc1cc(O)c(C#N)cc1C1(CN)CCCC1. The Kier molecular flexibility index (Phi) is 3.44. The number of nitrogens with two attached hydrogens (primary N) is 1. The fourth-order valence-electron chi connectivity index (χ4n) is 2.88. The summed E-state index contributed by atoms with van der Waals surface area (Å²) in [6.07, 6.45) is 4.30. The standard InChI is InChI=1S/C14H18N2O2/c1-18-13-7-12(17)10(8-15)6-11(13)14(9-16)4-2-3-5-14/h6-7,17H,2-5,9,16H2,1H3. The molecule has 0 bridgehead atoms. The number of methoxy groups -OCH3 is 1. The Morgan fingerprint density at radius 1 is 1.44 bits per heavy atom. The van der Waals surface area contributed by atoms with Crippen LogP contribution in [0.5, 0.6) is 11.5 Å². The number of hydrogen-bond donors (Lipinski definition) is 2. The topological polar surface area (TPSA) is 79.3 Å². The van der Waals surface area contributed by atoms with E-state index in [1.807, 2.05) is 6.07 Å². The summed E-state index contributed by atoms with van der Waals surface area (Å²) in [6.45, 7) is 0.541. The maximum absolute atomic E-state index is 9.71. The molecule has 0 aromatic heterocycles. The van der Waals surface area contributed by atoms with Gasteiger partial charge in [0, 0.05) is 23.6 Å². The molecule has 0 atom stereocenters. The van der Waals surface area contributed by atoms with E-state index in [1.54, 1.807) is 13.2 Å². The third-order valence-electron chi connectivity index (χ3n) is 3.96. The molecule has 96 valence electrons. The first-order valence-corrected chi connectivity index (χ1v) is 6.18. The smallest absolute Gasteiger partial charge is 0.137 e. The lowest BCUT2D eigenvalue weighted by Crippen LogP contribution is -2.32. The van der Waals surface area contributed by atoms with Crippen molar-refractivity contribution in [3.8, 4) is 17.6 Å². The van der Waals surface area contributed by atoms with Gasteiger partial charge in [-0.2, -0.15) is 5.26 Å². The van der Waals surface area contributed by atoms with Gasteiger partial charge in [-0.15, -0.1) is 0 Å². The molecule has 0 amide bonds. The molecule has 0 aliphatic heterocycles. The van der Waals surface area contributed by atoms with Crippen molar-refractivity contribution < 1.29 is 9.84 Å². The van der Waals surface area contributed by atoms with Crippen LogP contribution >= 0.6 is 0 Å². The van der Waals surface area contributed by atoms with Gasteiger partial charge >= 0.3 is 0 Å². The number of rotatable bonds is 3. The van der Waals surface area contributed by atoms with Gasteiger partial charge in [0.2, 0.25) is 0 Å². The molecule has 3 N–H and O–H groups in total. The molecule has 0 heterocycles. The summed E-state index contributed by atoms with van der Waals surface area (Å²) in [6, 6.07) is 5.25. The van der Waals surface area contributed by atoms with Gasteiger partial charge in [0.1, 0.15) is 17.6 Å². The molecule has 4 nitrogen and oxygen atoms in total. The van der Waals surface area contributed by atoms with Crippen molar-refractivity contribution in [1.29, 1.82) is 5.26 Å². The Balaban J connectivity index is 2.58. The van der Waals surface area contributed by atoms with Crippen molar-refractivity contribution in [3.05, 3.63) is 23.3 Å². The fourth-order valence-corrected chi connectivity index (χ4v) is 2.88. The first kappa shape index (κ1) is 12.7. The zero-order valence-electron chi connectivity index (χ0n) is 10.6. The third-order valence-corrected chi connectivity index (χ3v) is 3.96. The molecule has 18 heavy (non-hydrogen) atoms. The predicted molar refractivity (Wildman–Crippen MR) is 68.6 cm³/mol. The molecule has 0 spiro atoms. The van der Waals surface area contributed by atoms with Crippen LogP contribution in [0.1, 0.15) is 36.8 Å². The molecule has 1 fully saturated rings. The minimum atomic E-state index is -0.107. The minimum Gasteiger partial charge on any atom is -0.506 e. The van der Waals surface area contributed by atoms with Gasteiger partial charge in [-0.05, 0) is 18.9 Å². The quantitative estimate of drug-likeness (QED) is 0.855. The van der Waals surface area contributed by atoms with E-state index >= 15 is 0 Å². The number of aromatic hydroxyl groups is 1. The lowest BCUT2D eigenvalue weighted by atomic mass is 9.78. The van der Waals surface area contributed by atoms with Crippen molar-refractivity contribution in [2.75, 3.05) is 13.7 Å². The van der Waals surface area contributed by atoms with Gasteiger partial charge in [-0.3, -0.25) is 0 Å². The number of phenolic OH excluding ortho intramolecular Hbond substituents is 1. The Morgan fingerprint density at radius 3 is 2.61 bits per heavy atom. The molecule has 0 saturated heterocycles. The van der Waals surface area contributed by atoms with Crippen molar-refractivity contribution in [1.82, 2.24) is 0 Å². The van der Waals surface area contributed by atoms with Gasteiger partial charge in [0.15, 0.2) is 0 Å². The van der Waals surface area contributed by atoms with Crippen LogP contribution in [0.2, 0.25) is 0 Å². The summed E-state index contributed by atoms with van der Waals surface area (Å²) >= 11 is 0. The predicted octanol–water partition coefficient (Wildman–Crippen LogP) is 2.04. The highest BCUT2D eigenvalue weighted by atomic mass is 16.5. The molecule has 1 aliphatic rings. The van der Waals surface area contributed by atoms with Gasteiger partial charge in [0.25, 0.3) is 0 Å². The Bertz CT molecular complexity index is 485. The number of ether oxygens (including phenoxy) is 1. The first-order valence-electron chi connectivity index (χ1n) is 6.18.